The van der Waals surface area contributed by atoms with E-state index in [9.17, 15) is 4.79 Å². The third-order valence-electron chi connectivity index (χ3n) is 4.56. The van der Waals surface area contributed by atoms with Gasteiger partial charge in [-0.2, -0.15) is 0 Å². The third-order valence-corrected chi connectivity index (χ3v) is 4.56. The second kappa shape index (κ2) is 8.48. The Morgan fingerprint density at radius 3 is 2.81 bits per heavy atom. The molecule has 0 saturated heterocycles. The number of aromatic nitrogens is 2. The molecule has 0 atom stereocenters. The van der Waals surface area contributed by atoms with Crippen LogP contribution < -0.4 is 21.1 Å². The van der Waals surface area contributed by atoms with E-state index < -0.39 is 0 Å². The first kappa shape index (κ1) is 18.6. The Morgan fingerprint density at radius 1 is 1.37 bits per heavy atom. The van der Waals surface area contributed by atoms with Crippen molar-refractivity contribution in [1.82, 2.24) is 15.3 Å². The standard InChI is InChI=1S/C19H24N6O2/c1-21-10-12(9-20)14-11-22-15-7-8-16(24-17(15)18(14)27-2)25-19(26)23-13-5-3-4-6-13/h7-11,13H,3-6,20H2,1-2H3,(H2,23,24,25,26). The van der Waals surface area contributed by atoms with E-state index in [0.29, 0.717) is 33.7 Å². The van der Waals surface area contributed by atoms with Crippen molar-refractivity contribution in [2.45, 2.75) is 31.7 Å². The number of ether oxygens (including phenoxy) is 1. The molecule has 8 nitrogen and oxygen atoms in total. The Balaban J connectivity index is 1.91. The lowest BCUT2D eigenvalue weighted by Crippen LogP contribution is -2.36. The van der Waals surface area contributed by atoms with Crippen molar-refractivity contribution < 1.29 is 9.53 Å². The number of nitrogens with two attached hydrogens (primary N) is 1. The summed E-state index contributed by atoms with van der Waals surface area (Å²) in [5.74, 6) is 0.953. The number of nitrogens with zero attached hydrogens (tertiary/aromatic N) is 3. The van der Waals surface area contributed by atoms with E-state index in [1.54, 1.807) is 38.7 Å². The molecular formula is C19H24N6O2. The predicted molar refractivity (Wildman–Crippen MR) is 107 cm³/mol. The smallest absolute Gasteiger partial charge is 0.320 e. The molecule has 4 N–H and O–H groups in total. The molecule has 8 heteroatoms. The highest BCUT2D eigenvalue weighted by molar-refractivity contribution is 6.12. The van der Waals surface area contributed by atoms with Crippen LogP contribution in [0.4, 0.5) is 10.6 Å². The minimum Gasteiger partial charge on any atom is -0.494 e. The summed E-state index contributed by atoms with van der Waals surface area (Å²) in [6.07, 6.45) is 9.09. The summed E-state index contributed by atoms with van der Waals surface area (Å²) < 4.78 is 5.57. The van der Waals surface area contributed by atoms with Crippen molar-refractivity contribution in [1.29, 1.82) is 0 Å². The van der Waals surface area contributed by atoms with Crippen LogP contribution in [-0.4, -0.2) is 42.4 Å². The summed E-state index contributed by atoms with van der Waals surface area (Å²) in [5.41, 5.74) is 8.25. The fraction of sp³-hybridized carbons (Fsp3) is 0.368. The Bertz CT molecular complexity index is 887. The van der Waals surface area contributed by atoms with Crippen LogP contribution in [0, 0.1) is 0 Å². The highest BCUT2D eigenvalue weighted by atomic mass is 16.5. The van der Waals surface area contributed by atoms with E-state index in [0.717, 1.165) is 25.7 Å². The molecule has 0 spiro atoms. The number of urea groups is 1. The summed E-state index contributed by atoms with van der Waals surface area (Å²) in [4.78, 5) is 25.2. The van der Waals surface area contributed by atoms with E-state index in [2.05, 4.69) is 25.6 Å². The number of carbonyl (C=O) groups is 1. The Labute approximate surface area is 157 Å². The molecule has 1 aliphatic rings. The van der Waals surface area contributed by atoms with E-state index in [-0.39, 0.29) is 12.1 Å². The van der Waals surface area contributed by atoms with Gasteiger partial charge >= 0.3 is 6.03 Å². The largest absolute Gasteiger partial charge is 0.494 e. The first-order valence-corrected chi connectivity index (χ1v) is 8.92. The number of anilines is 1. The van der Waals surface area contributed by atoms with Crippen LogP contribution in [0.15, 0.2) is 29.5 Å². The molecule has 0 radical (unpaired) electrons. The lowest BCUT2D eigenvalue weighted by atomic mass is 10.1. The molecule has 2 heterocycles. The van der Waals surface area contributed by atoms with E-state index >= 15 is 0 Å². The van der Waals surface area contributed by atoms with E-state index in [1.807, 2.05) is 0 Å². The van der Waals surface area contributed by atoms with Gasteiger partial charge in [0.15, 0.2) is 5.75 Å². The predicted octanol–water partition coefficient (Wildman–Crippen LogP) is 2.70. The molecule has 2 aromatic heterocycles. The molecule has 2 amide bonds. The molecule has 0 aliphatic heterocycles. The van der Waals surface area contributed by atoms with Crippen LogP contribution in [0.3, 0.4) is 0 Å². The SMILES string of the molecule is CN=CC(=CN)c1cnc2ccc(NC(=O)NC3CCCC3)nc2c1OC. The molecule has 0 bridgehead atoms. The van der Waals surface area contributed by atoms with Gasteiger partial charge in [0.1, 0.15) is 11.3 Å². The monoisotopic (exact) mass is 368 g/mol. The van der Waals surface area contributed by atoms with Crippen LogP contribution in [0.25, 0.3) is 16.6 Å². The zero-order chi connectivity index (χ0) is 19.2. The molecule has 27 heavy (non-hydrogen) atoms. The number of carbonyl (C=O) groups excluding carboxylic acids is 1. The Morgan fingerprint density at radius 2 is 2.15 bits per heavy atom. The minimum absolute atomic E-state index is 0.235. The lowest BCUT2D eigenvalue weighted by molar-refractivity contribution is 0.248. The van der Waals surface area contributed by atoms with Crippen molar-refractivity contribution >= 4 is 34.7 Å². The molecule has 1 saturated carbocycles. The van der Waals surface area contributed by atoms with E-state index in [4.69, 9.17) is 10.5 Å². The molecule has 1 fully saturated rings. The van der Waals surface area contributed by atoms with Gasteiger partial charge in [0.25, 0.3) is 0 Å². The molecule has 2 aromatic rings. The maximum atomic E-state index is 12.2. The summed E-state index contributed by atoms with van der Waals surface area (Å²) >= 11 is 0. The van der Waals surface area contributed by atoms with Gasteiger partial charge in [-0.15, -0.1) is 0 Å². The summed E-state index contributed by atoms with van der Waals surface area (Å²) in [7, 11) is 3.22. The minimum atomic E-state index is -0.252. The number of methoxy groups -OCH3 is 1. The van der Waals surface area contributed by atoms with Crippen molar-refractivity contribution in [2.75, 3.05) is 19.5 Å². The maximum Gasteiger partial charge on any atom is 0.320 e. The van der Waals surface area contributed by atoms with Crippen LogP contribution in [0.1, 0.15) is 31.2 Å². The lowest BCUT2D eigenvalue weighted by Gasteiger charge is -2.14. The highest BCUT2D eigenvalue weighted by Gasteiger charge is 2.18. The maximum absolute atomic E-state index is 12.2. The number of nitrogens with one attached hydrogen (secondary N) is 2. The average molecular weight is 368 g/mol. The van der Waals surface area contributed by atoms with Crippen molar-refractivity contribution in [3.05, 3.63) is 30.1 Å². The van der Waals surface area contributed by atoms with Gasteiger partial charge in [-0.05, 0) is 25.0 Å². The number of hydrogen-bond acceptors (Lipinski definition) is 6. The fourth-order valence-corrected chi connectivity index (χ4v) is 3.27. The summed E-state index contributed by atoms with van der Waals surface area (Å²) in [6.45, 7) is 0. The zero-order valence-electron chi connectivity index (χ0n) is 15.5. The average Bonchev–Trinajstić information content (AvgIpc) is 3.18. The van der Waals surface area contributed by atoms with Gasteiger partial charge < -0.3 is 15.8 Å². The van der Waals surface area contributed by atoms with Crippen molar-refractivity contribution in [2.24, 2.45) is 10.7 Å². The van der Waals surface area contributed by atoms with Crippen molar-refractivity contribution in [3.8, 4) is 5.75 Å². The van der Waals surface area contributed by atoms with E-state index in [1.165, 1.54) is 6.20 Å². The topological polar surface area (TPSA) is 115 Å². The molecule has 0 unspecified atom stereocenters. The van der Waals surface area contributed by atoms with Gasteiger partial charge in [0.05, 0.1) is 12.6 Å². The number of hydrogen-bond donors (Lipinski definition) is 3. The quantitative estimate of drug-likeness (QED) is 0.702. The second-order valence-electron chi connectivity index (χ2n) is 6.36. The highest BCUT2D eigenvalue weighted by Crippen LogP contribution is 2.31. The first-order valence-electron chi connectivity index (χ1n) is 8.92. The number of rotatable bonds is 5. The number of fused-ring (bicyclic) bond motifs is 1. The van der Waals surface area contributed by atoms with Crippen molar-refractivity contribution in [3.63, 3.8) is 0 Å². The zero-order valence-corrected chi connectivity index (χ0v) is 15.5. The van der Waals surface area contributed by atoms with Gasteiger partial charge in [0.2, 0.25) is 0 Å². The Hall–Kier alpha value is -3.16. The molecule has 0 aromatic carbocycles. The third kappa shape index (κ3) is 4.16. The number of amides is 2. The number of aliphatic imine (C=N–C) groups is 1. The van der Waals surface area contributed by atoms with Gasteiger partial charge in [-0.25, -0.2) is 9.78 Å². The van der Waals surface area contributed by atoms with Gasteiger partial charge in [-0.1, -0.05) is 12.8 Å². The first-order chi connectivity index (χ1) is 13.2. The summed E-state index contributed by atoms with van der Waals surface area (Å²) in [6, 6.07) is 3.49. The fourth-order valence-electron chi connectivity index (χ4n) is 3.27. The summed E-state index contributed by atoms with van der Waals surface area (Å²) in [5, 5.41) is 5.77. The molecule has 1 aliphatic carbocycles. The van der Waals surface area contributed by atoms with Crippen LogP contribution in [0.5, 0.6) is 5.75 Å². The number of allylic oxidation sites excluding steroid dienone is 1. The van der Waals surface area contributed by atoms with Gasteiger partial charge in [0, 0.05) is 42.8 Å². The second-order valence-corrected chi connectivity index (χ2v) is 6.36. The molecule has 142 valence electrons. The molecule has 3 rings (SSSR count). The number of pyridine rings is 2. The van der Waals surface area contributed by atoms with Gasteiger partial charge in [-0.3, -0.25) is 15.3 Å². The normalized spacial score (nSPS) is 15.4. The molecular weight excluding hydrogens is 344 g/mol. The van der Waals surface area contributed by atoms with Crippen LogP contribution in [-0.2, 0) is 0 Å². The van der Waals surface area contributed by atoms with Crippen LogP contribution >= 0.6 is 0 Å². The van der Waals surface area contributed by atoms with Crippen LogP contribution in [0.2, 0.25) is 0 Å². The Kier molecular flexibility index (Phi) is 5.85.